The van der Waals surface area contributed by atoms with Gasteiger partial charge < -0.3 is 25.3 Å². The summed E-state index contributed by atoms with van der Waals surface area (Å²) < 4.78 is 5.40. The van der Waals surface area contributed by atoms with Crippen LogP contribution in [0.1, 0.15) is 41.0 Å². The number of H-pyrrole nitrogens is 1. The number of nitrogens with one attached hydrogen (secondary N) is 3. The molecule has 0 saturated carbocycles. The molecule has 2 amide bonds. The van der Waals surface area contributed by atoms with Crippen molar-refractivity contribution in [1.82, 2.24) is 15.2 Å². The standard InChI is InChI=1S/C28H30N4O3/c1-16-14-32(15-17(2)30-16)28(34)23-13-29-25(18(23)3)12-22-26-21(9-6-10-24(26)31-27(22)33)19-7-5-8-20(11-19)35-4/h5-13,16-17,29-30H,14-15H2,1-4H3,(H,31,33)/b22-12-/t16-,17-/m0/s1. The quantitative estimate of drug-likeness (QED) is 0.496. The Morgan fingerprint density at radius 1 is 1.11 bits per heavy atom. The van der Waals surface area contributed by atoms with E-state index in [4.69, 9.17) is 4.74 Å². The number of aromatic nitrogens is 1. The lowest BCUT2D eigenvalue weighted by Gasteiger charge is -2.36. The van der Waals surface area contributed by atoms with Crippen molar-refractivity contribution in [3.05, 3.63) is 71.0 Å². The molecule has 0 bridgehead atoms. The lowest BCUT2D eigenvalue weighted by atomic mass is 9.94. The van der Waals surface area contributed by atoms with E-state index in [9.17, 15) is 9.59 Å². The van der Waals surface area contributed by atoms with E-state index < -0.39 is 0 Å². The van der Waals surface area contributed by atoms with E-state index in [1.165, 1.54) is 0 Å². The number of piperazine rings is 1. The Bertz CT molecular complexity index is 1330. The highest BCUT2D eigenvalue weighted by Gasteiger charge is 2.30. The minimum atomic E-state index is -0.165. The van der Waals surface area contributed by atoms with Crippen LogP contribution in [0, 0.1) is 6.92 Å². The Labute approximate surface area is 205 Å². The normalized spacial score (nSPS) is 20.6. The molecule has 7 nitrogen and oxygen atoms in total. The molecule has 2 aliphatic heterocycles. The number of aromatic amines is 1. The Morgan fingerprint density at radius 3 is 2.60 bits per heavy atom. The average molecular weight is 471 g/mol. The van der Waals surface area contributed by atoms with Crippen LogP contribution in [0.15, 0.2) is 48.7 Å². The molecule has 1 fully saturated rings. The maximum Gasteiger partial charge on any atom is 0.256 e. The summed E-state index contributed by atoms with van der Waals surface area (Å²) in [5.74, 6) is 0.599. The topological polar surface area (TPSA) is 86.5 Å². The molecule has 2 atom stereocenters. The van der Waals surface area contributed by atoms with Gasteiger partial charge in [-0.05, 0) is 61.7 Å². The van der Waals surface area contributed by atoms with Gasteiger partial charge in [-0.2, -0.15) is 0 Å². The molecule has 3 aromatic rings. The number of methoxy groups -OCH3 is 1. The van der Waals surface area contributed by atoms with Crippen molar-refractivity contribution >= 4 is 29.2 Å². The van der Waals surface area contributed by atoms with Crippen LogP contribution in [-0.4, -0.2) is 54.0 Å². The van der Waals surface area contributed by atoms with Gasteiger partial charge in [0.1, 0.15) is 5.75 Å². The number of amides is 2. The Hall–Kier alpha value is -3.84. The number of hydrogen-bond acceptors (Lipinski definition) is 4. The first-order valence-corrected chi connectivity index (χ1v) is 11.9. The predicted molar refractivity (Wildman–Crippen MR) is 138 cm³/mol. The van der Waals surface area contributed by atoms with Crippen molar-refractivity contribution in [3.63, 3.8) is 0 Å². The fraction of sp³-hybridized carbons (Fsp3) is 0.286. The van der Waals surface area contributed by atoms with Gasteiger partial charge in [0.05, 0.1) is 18.2 Å². The summed E-state index contributed by atoms with van der Waals surface area (Å²) >= 11 is 0. The molecule has 0 aliphatic carbocycles. The summed E-state index contributed by atoms with van der Waals surface area (Å²) in [4.78, 5) is 31.4. The predicted octanol–water partition coefficient (Wildman–Crippen LogP) is 4.31. The number of rotatable bonds is 4. The van der Waals surface area contributed by atoms with E-state index in [1.807, 2.05) is 60.4 Å². The first-order chi connectivity index (χ1) is 16.9. The van der Waals surface area contributed by atoms with Crippen molar-refractivity contribution in [1.29, 1.82) is 0 Å². The van der Waals surface area contributed by atoms with Crippen molar-refractivity contribution < 1.29 is 14.3 Å². The first-order valence-electron chi connectivity index (χ1n) is 11.9. The maximum atomic E-state index is 13.3. The molecule has 0 spiro atoms. The second kappa shape index (κ2) is 9.07. The largest absolute Gasteiger partial charge is 0.497 e. The number of hydrogen-bond donors (Lipinski definition) is 3. The second-order valence-electron chi connectivity index (χ2n) is 9.39. The van der Waals surface area contributed by atoms with E-state index >= 15 is 0 Å². The number of ether oxygens (including phenoxy) is 1. The molecule has 0 unspecified atom stereocenters. The Morgan fingerprint density at radius 2 is 1.86 bits per heavy atom. The third kappa shape index (κ3) is 4.23. The Balaban J connectivity index is 1.52. The zero-order valence-corrected chi connectivity index (χ0v) is 20.4. The molecule has 3 N–H and O–H groups in total. The van der Waals surface area contributed by atoms with Gasteiger partial charge in [0.15, 0.2) is 0 Å². The van der Waals surface area contributed by atoms with Gasteiger partial charge >= 0.3 is 0 Å². The summed E-state index contributed by atoms with van der Waals surface area (Å²) in [6.07, 6.45) is 3.60. The maximum absolute atomic E-state index is 13.3. The van der Waals surface area contributed by atoms with E-state index in [-0.39, 0.29) is 23.9 Å². The molecule has 1 aromatic heterocycles. The third-order valence-electron chi connectivity index (χ3n) is 6.75. The summed E-state index contributed by atoms with van der Waals surface area (Å²) in [5.41, 5.74) is 6.30. The van der Waals surface area contributed by atoms with Crippen molar-refractivity contribution in [2.45, 2.75) is 32.9 Å². The highest BCUT2D eigenvalue weighted by molar-refractivity contribution is 6.36. The second-order valence-corrected chi connectivity index (χ2v) is 9.39. The highest BCUT2D eigenvalue weighted by atomic mass is 16.5. The number of carbonyl (C=O) groups is 2. The van der Waals surface area contributed by atoms with Gasteiger partial charge in [-0.15, -0.1) is 0 Å². The number of nitrogens with zero attached hydrogens (tertiary/aromatic N) is 1. The van der Waals surface area contributed by atoms with Crippen LogP contribution in [0.3, 0.4) is 0 Å². The molecule has 5 rings (SSSR count). The lowest BCUT2D eigenvalue weighted by Crippen LogP contribution is -2.55. The minimum Gasteiger partial charge on any atom is -0.497 e. The van der Waals surface area contributed by atoms with Crippen LogP contribution < -0.4 is 15.4 Å². The van der Waals surface area contributed by atoms with Crippen molar-refractivity contribution in [2.75, 3.05) is 25.5 Å². The number of carbonyl (C=O) groups excluding carboxylic acids is 2. The fourth-order valence-electron chi connectivity index (χ4n) is 5.11. The SMILES string of the molecule is COc1cccc(-c2cccc3c2/C(=C/c2[nH]cc(C(=O)N4C[C@H](C)N[C@@H](C)C4)c2C)C(=O)N3)c1. The molecule has 0 radical (unpaired) electrons. The lowest BCUT2D eigenvalue weighted by molar-refractivity contribution is -0.110. The van der Waals surface area contributed by atoms with Crippen LogP contribution in [-0.2, 0) is 4.79 Å². The van der Waals surface area contributed by atoms with Gasteiger partial charge in [-0.3, -0.25) is 9.59 Å². The molecule has 1 saturated heterocycles. The van der Waals surface area contributed by atoms with Gasteiger partial charge in [0.25, 0.3) is 11.8 Å². The number of anilines is 1. The van der Waals surface area contributed by atoms with Crippen LogP contribution in [0.2, 0.25) is 0 Å². The van der Waals surface area contributed by atoms with Crippen LogP contribution in [0.5, 0.6) is 5.75 Å². The van der Waals surface area contributed by atoms with Gasteiger partial charge in [-0.1, -0.05) is 24.3 Å². The zero-order valence-electron chi connectivity index (χ0n) is 20.4. The van der Waals surface area contributed by atoms with Gasteiger partial charge in [-0.25, -0.2) is 0 Å². The Kier molecular flexibility index (Phi) is 5.94. The van der Waals surface area contributed by atoms with Crippen molar-refractivity contribution in [2.24, 2.45) is 0 Å². The monoisotopic (exact) mass is 470 g/mol. The van der Waals surface area contributed by atoms with Crippen LogP contribution in [0.4, 0.5) is 5.69 Å². The molecule has 2 aliphatic rings. The minimum absolute atomic E-state index is 0.0111. The van der Waals surface area contributed by atoms with E-state index in [0.717, 1.165) is 39.4 Å². The first kappa shape index (κ1) is 22.9. The molecule has 2 aromatic carbocycles. The van der Waals surface area contributed by atoms with E-state index in [2.05, 4.69) is 29.5 Å². The molecule has 35 heavy (non-hydrogen) atoms. The molecule has 7 heteroatoms. The number of benzene rings is 2. The highest BCUT2D eigenvalue weighted by Crippen LogP contribution is 2.41. The summed E-state index contributed by atoms with van der Waals surface area (Å²) in [6, 6.07) is 14.1. The van der Waals surface area contributed by atoms with Gasteiger partial charge in [0.2, 0.25) is 0 Å². The summed E-state index contributed by atoms with van der Waals surface area (Å²) in [7, 11) is 1.64. The number of fused-ring (bicyclic) bond motifs is 1. The van der Waals surface area contributed by atoms with E-state index in [1.54, 1.807) is 13.3 Å². The molecule has 3 heterocycles. The smallest absolute Gasteiger partial charge is 0.256 e. The zero-order chi connectivity index (χ0) is 24.7. The van der Waals surface area contributed by atoms with Gasteiger partial charge in [0, 0.05) is 48.3 Å². The molecular weight excluding hydrogens is 440 g/mol. The molecular formula is C28H30N4O3. The average Bonchev–Trinajstić information content (AvgIpc) is 3.37. The third-order valence-corrected chi connectivity index (χ3v) is 6.75. The van der Waals surface area contributed by atoms with Crippen LogP contribution >= 0.6 is 0 Å². The summed E-state index contributed by atoms with van der Waals surface area (Å²) in [5, 5.41) is 6.44. The van der Waals surface area contributed by atoms with Crippen molar-refractivity contribution in [3.8, 4) is 16.9 Å². The fourth-order valence-corrected chi connectivity index (χ4v) is 5.11. The molecule has 180 valence electrons. The van der Waals surface area contributed by atoms with E-state index in [0.29, 0.717) is 24.2 Å². The van der Waals surface area contributed by atoms with Crippen LogP contribution in [0.25, 0.3) is 22.8 Å². The summed E-state index contributed by atoms with van der Waals surface area (Å²) in [6.45, 7) is 7.44.